The van der Waals surface area contributed by atoms with Gasteiger partial charge in [-0.3, -0.25) is 14.2 Å². The SMILES string of the molecule is CCC[C@H](NC(=O)[C@H](C)N)C(=O)NC(CP(=O)(O)C(C)N)C(=O)O. The Morgan fingerprint density at radius 3 is 1.96 bits per heavy atom. The first kappa shape index (κ1) is 22.5. The van der Waals surface area contributed by atoms with Gasteiger partial charge < -0.3 is 32.1 Å². The van der Waals surface area contributed by atoms with Crippen LogP contribution in [0.1, 0.15) is 33.6 Å². The number of nitrogens with two attached hydrogens (primary N) is 2. The van der Waals surface area contributed by atoms with E-state index >= 15 is 0 Å². The maximum absolute atomic E-state index is 12.2. The summed E-state index contributed by atoms with van der Waals surface area (Å²) in [5, 5.41) is 13.8. The summed E-state index contributed by atoms with van der Waals surface area (Å²) >= 11 is 0. The minimum atomic E-state index is -3.94. The summed E-state index contributed by atoms with van der Waals surface area (Å²) in [4.78, 5) is 44.8. The fraction of sp³-hybridized carbons (Fsp3) is 0.769. The van der Waals surface area contributed by atoms with Gasteiger partial charge in [0.2, 0.25) is 19.2 Å². The number of carbonyl (C=O) groups excluding carboxylic acids is 2. The molecule has 0 aliphatic rings. The van der Waals surface area contributed by atoms with Gasteiger partial charge in [0.1, 0.15) is 12.1 Å². The number of carboxylic acids is 1. The second kappa shape index (κ2) is 9.73. The van der Waals surface area contributed by atoms with Crippen molar-refractivity contribution in [3.63, 3.8) is 0 Å². The number of hydrogen-bond acceptors (Lipinski definition) is 6. The number of amides is 2. The summed E-state index contributed by atoms with van der Waals surface area (Å²) in [7, 11) is -3.94. The second-order valence-corrected chi connectivity index (χ2v) is 8.41. The van der Waals surface area contributed by atoms with Crippen molar-refractivity contribution in [3.05, 3.63) is 0 Å². The van der Waals surface area contributed by atoms with Gasteiger partial charge in [-0.15, -0.1) is 0 Å². The zero-order valence-electron chi connectivity index (χ0n) is 14.1. The van der Waals surface area contributed by atoms with E-state index in [2.05, 4.69) is 10.6 Å². The highest BCUT2D eigenvalue weighted by atomic mass is 31.2. The molecule has 0 saturated carbocycles. The fourth-order valence-electron chi connectivity index (χ4n) is 1.75. The molecule has 3 unspecified atom stereocenters. The van der Waals surface area contributed by atoms with Gasteiger partial charge in [0.05, 0.1) is 18.0 Å². The van der Waals surface area contributed by atoms with Crippen LogP contribution < -0.4 is 22.1 Å². The summed E-state index contributed by atoms with van der Waals surface area (Å²) < 4.78 is 11.9. The van der Waals surface area contributed by atoms with E-state index in [1.165, 1.54) is 13.8 Å². The van der Waals surface area contributed by atoms with Crippen molar-refractivity contribution < 1.29 is 28.9 Å². The van der Waals surface area contributed by atoms with Crippen molar-refractivity contribution >= 4 is 25.2 Å². The number of rotatable bonds is 10. The van der Waals surface area contributed by atoms with Gasteiger partial charge >= 0.3 is 5.97 Å². The molecule has 2 amide bonds. The summed E-state index contributed by atoms with van der Waals surface area (Å²) in [6.45, 7) is 4.51. The molecule has 10 nitrogen and oxygen atoms in total. The number of nitrogens with one attached hydrogen (secondary N) is 2. The van der Waals surface area contributed by atoms with Crippen LogP contribution >= 0.6 is 7.37 Å². The lowest BCUT2D eigenvalue weighted by Gasteiger charge is -2.24. The predicted molar refractivity (Wildman–Crippen MR) is 88.4 cm³/mol. The Bertz CT molecular complexity index is 511. The van der Waals surface area contributed by atoms with Crippen molar-refractivity contribution in [2.75, 3.05) is 6.16 Å². The lowest BCUT2D eigenvalue weighted by Crippen LogP contribution is -2.54. The van der Waals surface area contributed by atoms with Crippen molar-refractivity contribution in [2.24, 2.45) is 11.5 Å². The highest BCUT2D eigenvalue weighted by molar-refractivity contribution is 7.58. The molecule has 0 radical (unpaired) electrons. The molecule has 0 aliphatic heterocycles. The molecule has 0 fully saturated rings. The highest BCUT2D eigenvalue weighted by Crippen LogP contribution is 2.44. The molecule has 0 bridgehead atoms. The molecule has 0 aromatic rings. The fourth-order valence-corrected chi connectivity index (χ4v) is 2.85. The van der Waals surface area contributed by atoms with Gasteiger partial charge in [0, 0.05) is 0 Å². The van der Waals surface area contributed by atoms with E-state index in [4.69, 9.17) is 16.6 Å². The van der Waals surface area contributed by atoms with Crippen LogP contribution in [-0.2, 0) is 18.9 Å². The quantitative estimate of drug-likeness (QED) is 0.259. The molecule has 0 aliphatic carbocycles. The van der Waals surface area contributed by atoms with Crippen LogP contribution in [0.15, 0.2) is 0 Å². The molecule has 140 valence electrons. The topological polar surface area (TPSA) is 185 Å². The minimum absolute atomic E-state index is 0.265. The maximum atomic E-state index is 12.2. The lowest BCUT2D eigenvalue weighted by molar-refractivity contribution is -0.141. The Hall–Kier alpha value is -1.48. The third-order valence-corrected chi connectivity index (χ3v) is 5.48. The van der Waals surface area contributed by atoms with Gasteiger partial charge in [0.15, 0.2) is 0 Å². The van der Waals surface area contributed by atoms with Crippen LogP contribution in [0, 0.1) is 0 Å². The maximum Gasteiger partial charge on any atom is 0.326 e. The normalized spacial score (nSPS) is 18.6. The summed E-state index contributed by atoms with van der Waals surface area (Å²) in [5.41, 5.74) is 10.8. The summed E-state index contributed by atoms with van der Waals surface area (Å²) in [6.07, 6.45) is 0.111. The molecule has 8 N–H and O–H groups in total. The first-order chi connectivity index (χ1) is 10.9. The third-order valence-electron chi connectivity index (χ3n) is 3.32. The highest BCUT2D eigenvalue weighted by Gasteiger charge is 2.34. The van der Waals surface area contributed by atoms with Gasteiger partial charge in [-0.25, -0.2) is 4.79 Å². The van der Waals surface area contributed by atoms with Crippen LogP contribution in [0.5, 0.6) is 0 Å². The van der Waals surface area contributed by atoms with Gasteiger partial charge in [-0.2, -0.15) is 0 Å². The van der Waals surface area contributed by atoms with E-state index in [1.807, 2.05) is 0 Å². The monoisotopic (exact) mass is 366 g/mol. The predicted octanol–water partition coefficient (Wildman–Crippen LogP) is -1.24. The van der Waals surface area contributed by atoms with Crippen LogP contribution in [-0.4, -0.2) is 57.9 Å². The Balaban J connectivity index is 5.10. The number of aliphatic carboxylic acids is 1. The smallest absolute Gasteiger partial charge is 0.326 e. The number of carbonyl (C=O) groups is 3. The molecule has 0 saturated heterocycles. The summed E-state index contributed by atoms with van der Waals surface area (Å²) in [6, 6.07) is -3.40. The van der Waals surface area contributed by atoms with E-state index in [0.29, 0.717) is 6.42 Å². The van der Waals surface area contributed by atoms with Crippen molar-refractivity contribution in [1.29, 1.82) is 0 Å². The zero-order valence-corrected chi connectivity index (χ0v) is 15.0. The van der Waals surface area contributed by atoms with E-state index < -0.39 is 55.2 Å². The van der Waals surface area contributed by atoms with Crippen molar-refractivity contribution in [3.8, 4) is 0 Å². The first-order valence-corrected chi connectivity index (χ1v) is 9.50. The van der Waals surface area contributed by atoms with Crippen molar-refractivity contribution in [2.45, 2.75) is 57.5 Å². The summed E-state index contributed by atoms with van der Waals surface area (Å²) in [5.74, 6) is -3.91. The third kappa shape index (κ3) is 7.39. The molecule has 5 atom stereocenters. The number of carboxylic acid groups (broad SMARTS) is 1. The molecule has 24 heavy (non-hydrogen) atoms. The molecule has 0 spiro atoms. The second-order valence-electron chi connectivity index (χ2n) is 5.72. The molecule has 0 aromatic heterocycles. The van der Waals surface area contributed by atoms with Crippen LogP contribution in [0.3, 0.4) is 0 Å². The molecular weight excluding hydrogens is 339 g/mol. The zero-order chi connectivity index (χ0) is 19.1. The largest absolute Gasteiger partial charge is 0.480 e. The van der Waals surface area contributed by atoms with E-state index in [0.717, 1.165) is 0 Å². The lowest BCUT2D eigenvalue weighted by atomic mass is 10.1. The van der Waals surface area contributed by atoms with Crippen molar-refractivity contribution in [1.82, 2.24) is 10.6 Å². The van der Waals surface area contributed by atoms with Crippen LogP contribution in [0.4, 0.5) is 0 Å². The minimum Gasteiger partial charge on any atom is -0.480 e. The number of hydrogen-bond donors (Lipinski definition) is 6. The average Bonchev–Trinajstić information content (AvgIpc) is 2.45. The van der Waals surface area contributed by atoms with Crippen LogP contribution in [0.2, 0.25) is 0 Å². The average molecular weight is 366 g/mol. The Kier molecular flexibility index (Phi) is 9.13. The van der Waals surface area contributed by atoms with Crippen LogP contribution in [0.25, 0.3) is 0 Å². The molecular formula is C13H27N4O6P. The first-order valence-electron chi connectivity index (χ1n) is 7.58. The van der Waals surface area contributed by atoms with E-state index in [9.17, 15) is 23.8 Å². The molecule has 0 rings (SSSR count). The Morgan fingerprint density at radius 1 is 1.08 bits per heavy atom. The standard InChI is InChI=1S/C13H27N4O6P/c1-4-5-9(16-11(18)7(2)14)12(19)17-10(13(20)21)6-24(22,23)8(3)15/h7-10H,4-6,14-15H2,1-3H3,(H,16,18)(H,17,19)(H,20,21)(H,22,23)/t7-,8?,9-,10?/m0/s1. The van der Waals surface area contributed by atoms with Gasteiger partial charge in [-0.05, 0) is 20.3 Å². The molecule has 0 aromatic carbocycles. The van der Waals surface area contributed by atoms with E-state index in [1.54, 1.807) is 6.92 Å². The van der Waals surface area contributed by atoms with Gasteiger partial charge in [0.25, 0.3) is 0 Å². The van der Waals surface area contributed by atoms with Gasteiger partial charge in [-0.1, -0.05) is 13.3 Å². The molecule has 0 heterocycles. The Labute approximate surface area is 140 Å². The Morgan fingerprint density at radius 2 is 1.58 bits per heavy atom. The van der Waals surface area contributed by atoms with E-state index in [-0.39, 0.29) is 6.42 Å². The molecule has 11 heteroatoms.